The van der Waals surface area contributed by atoms with Crippen LogP contribution in [0.15, 0.2) is 82.8 Å². The fraction of sp³-hybridized carbons (Fsp3) is 0.250. The van der Waals surface area contributed by atoms with Crippen LogP contribution in [0, 0.1) is 20.8 Å². The van der Waals surface area contributed by atoms with Crippen molar-refractivity contribution in [2.24, 2.45) is 0 Å². The molecule has 180 valence electrons. The minimum atomic E-state index is -0.292. The number of carbonyl (C=O) groups is 1. The Morgan fingerprint density at radius 1 is 0.914 bits per heavy atom. The molecule has 1 unspecified atom stereocenters. The topological polar surface area (TPSA) is 59.8 Å². The van der Waals surface area contributed by atoms with Gasteiger partial charge in [-0.2, -0.15) is 0 Å². The van der Waals surface area contributed by atoms with Gasteiger partial charge in [0.05, 0.1) is 11.0 Å². The first-order chi connectivity index (χ1) is 16.9. The first-order valence-electron chi connectivity index (χ1n) is 11.7. The number of amides is 1. The molecule has 4 aromatic rings. The third-order valence-corrected chi connectivity index (χ3v) is 7.82. The van der Waals surface area contributed by atoms with Gasteiger partial charge in [-0.3, -0.25) is 9.36 Å². The number of aryl methyl sites for hydroxylation is 3. The second kappa shape index (κ2) is 11.6. The van der Waals surface area contributed by atoms with Gasteiger partial charge < -0.3 is 5.32 Å². The molecule has 0 saturated heterocycles. The van der Waals surface area contributed by atoms with Crippen molar-refractivity contribution in [3.8, 4) is 5.69 Å². The average Bonchev–Trinajstić information content (AvgIpc) is 3.24. The van der Waals surface area contributed by atoms with Crippen LogP contribution in [0.4, 0.5) is 5.69 Å². The number of aromatic nitrogens is 3. The Morgan fingerprint density at radius 3 is 2.26 bits per heavy atom. The maximum atomic E-state index is 13.2. The summed E-state index contributed by atoms with van der Waals surface area (Å²) in [6.45, 7) is 8.18. The van der Waals surface area contributed by atoms with E-state index in [9.17, 15) is 4.79 Å². The smallest absolute Gasteiger partial charge is 0.237 e. The van der Waals surface area contributed by atoms with E-state index in [-0.39, 0.29) is 11.2 Å². The standard InChI is InChI=1S/C28H30N4OS2/c1-5-25(27(33)29-22-16-20(3)15-21(4)17-22)35-28-31-30-26(32(28)23-9-7-6-8-10-23)18-34-24-13-11-19(2)12-14-24/h6-17,25H,5,18H2,1-4H3,(H,29,33). The lowest BCUT2D eigenvalue weighted by molar-refractivity contribution is -0.115. The summed E-state index contributed by atoms with van der Waals surface area (Å²) in [6.07, 6.45) is 0.677. The van der Waals surface area contributed by atoms with Crippen LogP contribution in [0.25, 0.3) is 5.69 Å². The molecule has 1 amide bonds. The molecule has 7 heteroatoms. The zero-order valence-corrected chi connectivity index (χ0v) is 22.1. The first kappa shape index (κ1) is 25.1. The van der Waals surface area contributed by atoms with Crippen LogP contribution in [0.2, 0.25) is 0 Å². The highest BCUT2D eigenvalue weighted by molar-refractivity contribution is 8.00. The SMILES string of the molecule is CCC(Sc1nnc(CSc2ccc(C)cc2)n1-c1ccccc1)C(=O)Nc1cc(C)cc(C)c1. The summed E-state index contributed by atoms with van der Waals surface area (Å²) in [7, 11) is 0. The van der Waals surface area contributed by atoms with Gasteiger partial charge in [-0.1, -0.05) is 60.6 Å². The zero-order chi connectivity index (χ0) is 24.8. The molecule has 1 heterocycles. The number of thioether (sulfide) groups is 2. The molecule has 0 saturated carbocycles. The molecular weight excluding hydrogens is 472 g/mol. The third-order valence-electron chi connectivity index (χ3n) is 5.50. The lowest BCUT2D eigenvalue weighted by Gasteiger charge is -2.16. The fourth-order valence-corrected chi connectivity index (χ4v) is 5.61. The first-order valence-corrected chi connectivity index (χ1v) is 13.5. The van der Waals surface area contributed by atoms with Crippen molar-refractivity contribution in [3.63, 3.8) is 0 Å². The molecule has 0 aliphatic carbocycles. The highest BCUT2D eigenvalue weighted by Gasteiger charge is 2.23. The quantitative estimate of drug-likeness (QED) is 0.250. The molecule has 1 atom stereocenters. The van der Waals surface area contributed by atoms with Gasteiger partial charge in [-0.25, -0.2) is 0 Å². The number of rotatable bonds is 9. The highest BCUT2D eigenvalue weighted by Crippen LogP contribution is 2.31. The Hall–Kier alpha value is -3.03. The maximum Gasteiger partial charge on any atom is 0.237 e. The average molecular weight is 503 g/mol. The summed E-state index contributed by atoms with van der Waals surface area (Å²) in [5.41, 5.74) is 5.31. The Kier molecular flexibility index (Phi) is 8.31. The second-order valence-electron chi connectivity index (χ2n) is 8.55. The van der Waals surface area contributed by atoms with Crippen LogP contribution in [0.3, 0.4) is 0 Å². The molecule has 0 bridgehead atoms. The van der Waals surface area contributed by atoms with Crippen LogP contribution in [-0.2, 0) is 10.5 Å². The van der Waals surface area contributed by atoms with Crippen LogP contribution in [0.1, 0.15) is 35.9 Å². The van der Waals surface area contributed by atoms with Gasteiger partial charge in [0.25, 0.3) is 0 Å². The number of hydrogen-bond acceptors (Lipinski definition) is 5. The van der Waals surface area contributed by atoms with Crippen molar-refractivity contribution in [1.82, 2.24) is 14.8 Å². The van der Waals surface area contributed by atoms with E-state index in [4.69, 9.17) is 0 Å². The highest BCUT2D eigenvalue weighted by atomic mass is 32.2. The monoisotopic (exact) mass is 502 g/mol. The summed E-state index contributed by atoms with van der Waals surface area (Å²) in [5, 5.41) is 12.5. The molecule has 0 aliphatic rings. The number of benzene rings is 3. The lowest BCUT2D eigenvalue weighted by Crippen LogP contribution is -2.25. The normalized spacial score (nSPS) is 11.9. The van der Waals surface area contributed by atoms with Crippen LogP contribution >= 0.6 is 23.5 Å². The Balaban J connectivity index is 1.56. The van der Waals surface area contributed by atoms with Crippen molar-refractivity contribution in [2.75, 3.05) is 5.32 Å². The summed E-state index contributed by atoms with van der Waals surface area (Å²) < 4.78 is 2.07. The van der Waals surface area contributed by atoms with Crippen molar-refractivity contribution < 1.29 is 4.79 Å². The minimum absolute atomic E-state index is 0.0271. The van der Waals surface area contributed by atoms with Gasteiger partial charge in [-0.05, 0) is 74.7 Å². The molecule has 0 spiro atoms. The van der Waals surface area contributed by atoms with Gasteiger partial charge >= 0.3 is 0 Å². The predicted octanol–water partition coefficient (Wildman–Crippen LogP) is 6.99. The number of carbonyl (C=O) groups excluding carboxylic acids is 1. The third kappa shape index (κ3) is 6.55. The van der Waals surface area contributed by atoms with Gasteiger partial charge in [0.15, 0.2) is 5.16 Å². The van der Waals surface area contributed by atoms with E-state index in [0.29, 0.717) is 12.2 Å². The molecule has 1 N–H and O–H groups in total. The Bertz CT molecular complexity index is 1270. The zero-order valence-electron chi connectivity index (χ0n) is 20.5. The van der Waals surface area contributed by atoms with Crippen LogP contribution in [-0.4, -0.2) is 25.9 Å². The minimum Gasteiger partial charge on any atom is -0.325 e. The van der Waals surface area contributed by atoms with E-state index >= 15 is 0 Å². The number of nitrogens with one attached hydrogen (secondary N) is 1. The van der Waals surface area contributed by atoms with Crippen molar-refractivity contribution in [3.05, 3.63) is 95.3 Å². The van der Waals surface area contributed by atoms with Crippen molar-refractivity contribution in [2.45, 2.75) is 55.2 Å². The van der Waals surface area contributed by atoms with E-state index in [0.717, 1.165) is 33.5 Å². The summed E-state index contributed by atoms with van der Waals surface area (Å²) >= 11 is 3.19. The Morgan fingerprint density at radius 2 is 1.60 bits per heavy atom. The largest absolute Gasteiger partial charge is 0.325 e. The van der Waals surface area contributed by atoms with Gasteiger partial charge in [0.2, 0.25) is 5.91 Å². The van der Waals surface area contributed by atoms with E-state index in [2.05, 4.69) is 57.3 Å². The molecule has 0 aliphatic heterocycles. The molecule has 35 heavy (non-hydrogen) atoms. The van der Waals surface area contributed by atoms with Crippen LogP contribution in [0.5, 0.6) is 0 Å². The Labute approximate surface area is 215 Å². The lowest BCUT2D eigenvalue weighted by atomic mass is 10.1. The van der Waals surface area contributed by atoms with Crippen LogP contribution < -0.4 is 5.32 Å². The van der Waals surface area contributed by atoms with Gasteiger partial charge in [0.1, 0.15) is 5.82 Å². The predicted molar refractivity (Wildman–Crippen MR) is 147 cm³/mol. The van der Waals surface area contributed by atoms with Gasteiger partial charge in [-0.15, -0.1) is 22.0 Å². The summed E-state index contributed by atoms with van der Waals surface area (Å²) in [5.74, 6) is 1.51. The van der Waals surface area contributed by atoms with E-state index in [1.54, 1.807) is 11.8 Å². The van der Waals surface area contributed by atoms with E-state index in [1.165, 1.54) is 22.2 Å². The fourth-order valence-electron chi connectivity index (χ4n) is 3.81. The number of nitrogens with zero attached hydrogens (tertiary/aromatic N) is 3. The van der Waals surface area contributed by atoms with E-state index < -0.39 is 0 Å². The van der Waals surface area contributed by atoms with Crippen molar-refractivity contribution >= 4 is 35.1 Å². The molecule has 1 aromatic heterocycles. The molecule has 0 radical (unpaired) electrons. The molecule has 0 fully saturated rings. The molecule has 3 aromatic carbocycles. The summed E-state index contributed by atoms with van der Waals surface area (Å²) in [6, 6.07) is 24.7. The second-order valence-corrected chi connectivity index (χ2v) is 10.8. The number of hydrogen-bond donors (Lipinski definition) is 1. The summed E-state index contributed by atoms with van der Waals surface area (Å²) in [4.78, 5) is 14.4. The molecular formula is C28H30N4OS2. The maximum absolute atomic E-state index is 13.2. The number of para-hydroxylation sites is 1. The van der Waals surface area contributed by atoms with Gasteiger partial charge in [0, 0.05) is 16.3 Å². The van der Waals surface area contributed by atoms with Crippen molar-refractivity contribution in [1.29, 1.82) is 0 Å². The number of anilines is 1. The molecule has 5 nitrogen and oxygen atoms in total. The van der Waals surface area contributed by atoms with E-state index in [1.807, 2.05) is 63.2 Å². The molecule has 4 rings (SSSR count).